The largest absolute Gasteiger partial charge is 0.417 e. The first-order valence-electron chi connectivity index (χ1n) is 9.85. The van der Waals surface area contributed by atoms with E-state index in [0.717, 1.165) is 10.6 Å². The van der Waals surface area contributed by atoms with Crippen molar-refractivity contribution in [3.63, 3.8) is 0 Å². The minimum absolute atomic E-state index is 0.00654. The van der Waals surface area contributed by atoms with Crippen LogP contribution in [0.4, 0.5) is 0 Å². The summed E-state index contributed by atoms with van der Waals surface area (Å²) in [4.78, 5) is 0. The van der Waals surface area contributed by atoms with Crippen LogP contribution in [0.15, 0.2) is 60.7 Å². The summed E-state index contributed by atoms with van der Waals surface area (Å²) >= 11 is 0. The molecule has 0 aromatic heterocycles. The van der Waals surface area contributed by atoms with Crippen LogP contribution in [0.1, 0.15) is 34.6 Å². The second-order valence-electron chi connectivity index (χ2n) is 9.12. The van der Waals surface area contributed by atoms with Gasteiger partial charge in [0.25, 0.3) is 0 Å². The number of benzene rings is 2. The van der Waals surface area contributed by atoms with Gasteiger partial charge in [-0.05, 0) is 24.1 Å². The van der Waals surface area contributed by atoms with Crippen molar-refractivity contribution in [1.29, 1.82) is 0 Å². The summed E-state index contributed by atoms with van der Waals surface area (Å²) in [7, 11) is -4.58. The highest BCUT2D eigenvalue weighted by Gasteiger charge is 2.40. The summed E-state index contributed by atoms with van der Waals surface area (Å²) < 4.78 is 20.9. The lowest BCUT2D eigenvalue weighted by molar-refractivity contribution is 0.235. The molecular weight excluding hydrogens is 367 g/mol. The molecule has 2 aromatic carbocycles. The van der Waals surface area contributed by atoms with Crippen LogP contribution in [0.5, 0.6) is 0 Å². The first-order chi connectivity index (χ1) is 12.5. The average Bonchev–Trinajstić information content (AvgIpc) is 2.65. The molecule has 0 saturated carbocycles. The molecule has 0 amide bonds. The predicted octanol–water partition coefficient (Wildman–Crippen LogP) is 6.05. The molecule has 0 radical (unpaired) electrons. The van der Waals surface area contributed by atoms with Gasteiger partial charge in [-0.3, -0.25) is 0 Å². The van der Waals surface area contributed by atoms with Crippen molar-refractivity contribution < 1.29 is 8.99 Å². The maximum absolute atomic E-state index is 14.4. The second-order valence-corrected chi connectivity index (χ2v) is 17.1. The molecule has 2 aromatic rings. The van der Waals surface area contributed by atoms with Crippen LogP contribution in [-0.4, -0.2) is 20.6 Å². The molecule has 0 bridgehead atoms. The van der Waals surface area contributed by atoms with Crippen molar-refractivity contribution in [3.05, 3.63) is 60.7 Å². The summed E-state index contributed by atoms with van der Waals surface area (Å²) in [5.41, 5.74) is 0.00654. The first kappa shape index (κ1) is 22.1. The molecule has 0 spiro atoms. The Morgan fingerprint density at radius 1 is 0.889 bits per heavy atom. The summed E-state index contributed by atoms with van der Waals surface area (Å²) in [5, 5.41) is 2.05. The van der Waals surface area contributed by atoms with E-state index in [9.17, 15) is 4.57 Å². The fourth-order valence-electron chi connectivity index (χ4n) is 2.97. The quantitative estimate of drug-likeness (QED) is 0.416. The van der Waals surface area contributed by atoms with Crippen LogP contribution in [0.25, 0.3) is 0 Å². The third-order valence-corrected chi connectivity index (χ3v) is 14.5. The van der Waals surface area contributed by atoms with Gasteiger partial charge in [-0.25, -0.2) is 0 Å². The zero-order valence-corrected chi connectivity index (χ0v) is 19.8. The second kappa shape index (κ2) is 8.47. The number of hydrogen-bond acceptors (Lipinski definition) is 2. The van der Waals surface area contributed by atoms with E-state index in [0.29, 0.717) is 6.61 Å². The van der Waals surface area contributed by atoms with Gasteiger partial charge in [0.2, 0.25) is 0 Å². The third-order valence-electron chi connectivity index (χ3n) is 6.19. The van der Waals surface area contributed by atoms with Gasteiger partial charge in [-0.1, -0.05) is 95.3 Å². The lowest BCUT2D eigenvalue weighted by Crippen LogP contribution is -2.43. The van der Waals surface area contributed by atoms with Gasteiger partial charge < -0.3 is 8.99 Å². The number of rotatable bonds is 7. The standard InChI is InChI=1S/C23H35O2PSi/c1-19(18-25-27(6,7)23(3,4)5)20(2)26(24,21-14-10-8-11-15-21)22-16-12-9-13-17-22/h8-17,19-20H,18H2,1-7H3/t19-,20+/m1/s1. The fourth-order valence-corrected chi connectivity index (χ4v) is 7.36. The Labute approximate surface area is 166 Å². The van der Waals surface area contributed by atoms with Gasteiger partial charge in [0, 0.05) is 22.9 Å². The molecule has 0 fully saturated rings. The van der Waals surface area contributed by atoms with Gasteiger partial charge in [0.1, 0.15) is 7.14 Å². The molecule has 0 N–H and O–H groups in total. The van der Waals surface area contributed by atoms with Crippen LogP contribution in [0.2, 0.25) is 18.1 Å². The molecule has 27 heavy (non-hydrogen) atoms. The van der Waals surface area contributed by atoms with Crippen LogP contribution in [0, 0.1) is 5.92 Å². The van der Waals surface area contributed by atoms with Crippen molar-refractivity contribution in [2.24, 2.45) is 5.92 Å². The van der Waals surface area contributed by atoms with E-state index in [-0.39, 0.29) is 16.6 Å². The highest BCUT2D eigenvalue weighted by atomic mass is 31.2. The van der Waals surface area contributed by atoms with E-state index in [1.165, 1.54) is 0 Å². The minimum atomic E-state index is -2.76. The molecule has 2 nitrogen and oxygen atoms in total. The molecular formula is C23H35O2PSi. The van der Waals surface area contributed by atoms with Crippen LogP contribution in [0.3, 0.4) is 0 Å². The van der Waals surface area contributed by atoms with E-state index in [1.54, 1.807) is 0 Å². The third kappa shape index (κ3) is 4.82. The summed E-state index contributed by atoms with van der Waals surface area (Å²) in [5.74, 6) is 0.199. The molecule has 0 aliphatic carbocycles. The highest BCUT2D eigenvalue weighted by molar-refractivity contribution is 7.79. The smallest absolute Gasteiger partial charge is 0.191 e. The monoisotopic (exact) mass is 402 g/mol. The lowest BCUT2D eigenvalue weighted by atomic mass is 10.1. The SMILES string of the molecule is C[C@H](CO[Si](C)(C)C(C)(C)C)[C@H](C)P(=O)(c1ccccc1)c1ccccc1. The molecule has 0 heterocycles. The Bertz CT molecular complexity index is 722. The van der Waals surface area contributed by atoms with Crippen molar-refractivity contribution in [3.8, 4) is 0 Å². The molecule has 148 valence electrons. The summed E-state index contributed by atoms with van der Waals surface area (Å²) in [6.45, 7) is 16.3. The predicted molar refractivity (Wildman–Crippen MR) is 122 cm³/mol. The van der Waals surface area contributed by atoms with Crippen molar-refractivity contribution in [1.82, 2.24) is 0 Å². The van der Waals surface area contributed by atoms with Gasteiger partial charge in [-0.15, -0.1) is 0 Å². The first-order valence-corrected chi connectivity index (χ1v) is 14.5. The van der Waals surface area contributed by atoms with Crippen LogP contribution in [-0.2, 0) is 8.99 Å². The normalized spacial score (nSPS) is 15.4. The van der Waals surface area contributed by atoms with Gasteiger partial charge in [-0.2, -0.15) is 0 Å². The van der Waals surface area contributed by atoms with Gasteiger partial charge in [0.15, 0.2) is 8.32 Å². The molecule has 0 saturated heterocycles. The van der Waals surface area contributed by atoms with E-state index in [2.05, 4.69) is 47.7 Å². The average molecular weight is 403 g/mol. The summed E-state index contributed by atoms with van der Waals surface area (Å²) in [6.07, 6.45) is 0. The fraction of sp³-hybridized carbons (Fsp3) is 0.478. The van der Waals surface area contributed by atoms with Crippen molar-refractivity contribution >= 4 is 26.1 Å². The minimum Gasteiger partial charge on any atom is -0.417 e. The van der Waals surface area contributed by atoms with E-state index in [4.69, 9.17) is 4.43 Å². The van der Waals surface area contributed by atoms with Crippen LogP contribution >= 0.6 is 7.14 Å². The Hall–Kier alpha value is -1.15. The van der Waals surface area contributed by atoms with E-state index >= 15 is 0 Å². The molecule has 2 rings (SSSR count). The molecule has 0 unspecified atom stereocenters. The Morgan fingerprint density at radius 3 is 1.67 bits per heavy atom. The maximum atomic E-state index is 14.4. The van der Waals surface area contributed by atoms with E-state index < -0.39 is 15.5 Å². The van der Waals surface area contributed by atoms with Crippen molar-refractivity contribution in [2.45, 2.75) is 58.4 Å². The molecule has 0 aliphatic rings. The van der Waals surface area contributed by atoms with Gasteiger partial charge in [0.05, 0.1) is 0 Å². The maximum Gasteiger partial charge on any atom is 0.191 e. The Morgan fingerprint density at radius 2 is 1.30 bits per heavy atom. The topological polar surface area (TPSA) is 26.3 Å². The molecule has 0 aliphatic heterocycles. The van der Waals surface area contributed by atoms with Gasteiger partial charge >= 0.3 is 0 Å². The zero-order chi connectivity index (χ0) is 20.3. The van der Waals surface area contributed by atoms with E-state index in [1.807, 2.05) is 60.7 Å². The van der Waals surface area contributed by atoms with Crippen molar-refractivity contribution in [2.75, 3.05) is 6.61 Å². The number of hydrogen-bond donors (Lipinski definition) is 0. The molecule has 4 heteroatoms. The highest BCUT2D eigenvalue weighted by Crippen LogP contribution is 2.51. The van der Waals surface area contributed by atoms with Crippen LogP contribution < -0.4 is 10.6 Å². The molecule has 2 atom stereocenters. The Kier molecular flexibility index (Phi) is 6.94. The summed E-state index contributed by atoms with van der Waals surface area (Å²) in [6, 6.07) is 19.9. The zero-order valence-electron chi connectivity index (χ0n) is 17.9. The Balaban J connectivity index is 2.33. The lowest BCUT2D eigenvalue weighted by Gasteiger charge is -2.38.